The lowest BCUT2D eigenvalue weighted by molar-refractivity contribution is 0.0897. The second-order valence-electron chi connectivity index (χ2n) is 6.10. The molecule has 1 aliphatic rings. The van der Waals surface area contributed by atoms with Crippen LogP contribution >= 0.6 is 0 Å². The number of ether oxygens (including phenoxy) is 1. The summed E-state index contributed by atoms with van der Waals surface area (Å²) in [5.74, 6) is 1.32. The zero-order valence-corrected chi connectivity index (χ0v) is 12.7. The van der Waals surface area contributed by atoms with Crippen molar-refractivity contribution >= 4 is 5.78 Å². The van der Waals surface area contributed by atoms with Crippen molar-refractivity contribution in [3.05, 3.63) is 29.8 Å². The predicted molar refractivity (Wildman–Crippen MR) is 82.3 cm³/mol. The number of benzene rings is 1. The van der Waals surface area contributed by atoms with Gasteiger partial charge in [-0.1, -0.05) is 44.2 Å². The fourth-order valence-corrected chi connectivity index (χ4v) is 2.95. The number of hydrogen-bond acceptors (Lipinski definition) is 2. The molecule has 0 saturated heterocycles. The average molecular weight is 274 g/mol. The standard InChI is InChI=1S/C18H26O2/c1-14(2)20-17-12-8-11-16(13-17)18(19)15-9-6-4-3-5-7-10-15/h8,11-15H,3-7,9-10H2,1-2H3. The minimum Gasteiger partial charge on any atom is -0.491 e. The molecule has 0 N–H and O–H groups in total. The van der Waals surface area contributed by atoms with Crippen molar-refractivity contribution in [3.63, 3.8) is 0 Å². The molecule has 0 bridgehead atoms. The van der Waals surface area contributed by atoms with Gasteiger partial charge >= 0.3 is 0 Å². The molecule has 2 heteroatoms. The van der Waals surface area contributed by atoms with Crippen LogP contribution in [0.1, 0.15) is 69.2 Å². The summed E-state index contributed by atoms with van der Waals surface area (Å²) in [6, 6.07) is 7.68. The van der Waals surface area contributed by atoms with Crippen molar-refractivity contribution in [3.8, 4) is 5.75 Å². The molecule has 1 saturated carbocycles. The molecule has 0 aromatic heterocycles. The van der Waals surface area contributed by atoms with E-state index in [4.69, 9.17) is 4.74 Å². The van der Waals surface area contributed by atoms with Gasteiger partial charge in [0.1, 0.15) is 5.75 Å². The summed E-state index contributed by atoms with van der Waals surface area (Å²) < 4.78 is 5.68. The van der Waals surface area contributed by atoms with E-state index in [-0.39, 0.29) is 12.0 Å². The Labute approximate surface area is 122 Å². The van der Waals surface area contributed by atoms with Gasteiger partial charge in [-0.3, -0.25) is 4.79 Å². The minimum atomic E-state index is 0.141. The lowest BCUT2D eigenvalue weighted by Crippen LogP contribution is -2.16. The fourth-order valence-electron chi connectivity index (χ4n) is 2.95. The highest BCUT2D eigenvalue weighted by Gasteiger charge is 2.21. The summed E-state index contributed by atoms with van der Waals surface area (Å²) in [6.45, 7) is 4.01. The first kappa shape index (κ1) is 15.1. The van der Waals surface area contributed by atoms with Crippen LogP contribution in [-0.2, 0) is 0 Å². The molecule has 2 rings (SSSR count). The van der Waals surface area contributed by atoms with Crippen LogP contribution in [-0.4, -0.2) is 11.9 Å². The van der Waals surface area contributed by atoms with Crippen molar-refractivity contribution < 1.29 is 9.53 Å². The number of hydrogen-bond donors (Lipinski definition) is 0. The third-order valence-electron chi connectivity index (χ3n) is 3.97. The van der Waals surface area contributed by atoms with Crippen LogP contribution in [0.25, 0.3) is 0 Å². The molecule has 0 unspecified atom stereocenters. The van der Waals surface area contributed by atoms with Gasteiger partial charge in [0.15, 0.2) is 5.78 Å². The Kier molecular flexibility index (Phi) is 5.63. The van der Waals surface area contributed by atoms with Crippen LogP contribution in [0.2, 0.25) is 0 Å². The Balaban J connectivity index is 2.06. The molecular formula is C18H26O2. The van der Waals surface area contributed by atoms with Crippen LogP contribution in [0.4, 0.5) is 0 Å². The molecule has 0 spiro atoms. The number of carbonyl (C=O) groups is 1. The molecular weight excluding hydrogens is 248 g/mol. The van der Waals surface area contributed by atoms with Gasteiger partial charge in [-0.15, -0.1) is 0 Å². The zero-order chi connectivity index (χ0) is 14.4. The van der Waals surface area contributed by atoms with Crippen molar-refractivity contribution in [2.75, 3.05) is 0 Å². The maximum absolute atomic E-state index is 12.6. The smallest absolute Gasteiger partial charge is 0.166 e. The molecule has 1 aromatic rings. The van der Waals surface area contributed by atoms with E-state index in [9.17, 15) is 4.79 Å². The quantitative estimate of drug-likeness (QED) is 0.721. The highest BCUT2D eigenvalue weighted by molar-refractivity contribution is 5.98. The molecule has 2 nitrogen and oxygen atoms in total. The number of carbonyl (C=O) groups excluding carboxylic acids is 1. The molecule has 1 aliphatic carbocycles. The van der Waals surface area contributed by atoms with E-state index < -0.39 is 0 Å². The summed E-state index contributed by atoms with van der Waals surface area (Å²) in [5.41, 5.74) is 0.814. The van der Waals surface area contributed by atoms with E-state index in [1.165, 1.54) is 32.1 Å². The van der Waals surface area contributed by atoms with Gasteiger partial charge in [-0.2, -0.15) is 0 Å². The third-order valence-corrected chi connectivity index (χ3v) is 3.97. The van der Waals surface area contributed by atoms with Crippen LogP contribution in [0.5, 0.6) is 5.75 Å². The van der Waals surface area contributed by atoms with Crippen molar-refractivity contribution in [2.24, 2.45) is 5.92 Å². The normalized spacial score (nSPS) is 17.6. The molecule has 0 aliphatic heterocycles. The molecule has 0 heterocycles. The van der Waals surface area contributed by atoms with Gasteiger partial charge in [0, 0.05) is 11.5 Å². The summed E-state index contributed by atoms with van der Waals surface area (Å²) >= 11 is 0. The number of rotatable bonds is 4. The lowest BCUT2D eigenvalue weighted by atomic mass is 9.85. The number of Topliss-reactive ketones (excluding diaryl/α,β-unsaturated/α-hetero) is 1. The molecule has 1 aromatic carbocycles. The van der Waals surface area contributed by atoms with Gasteiger partial charge in [-0.25, -0.2) is 0 Å². The minimum absolute atomic E-state index is 0.141. The molecule has 0 amide bonds. The SMILES string of the molecule is CC(C)Oc1cccc(C(=O)C2CCCCCCC2)c1. The topological polar surface area (TPSA) is 26.3 Å². The second-order valence-corrected chi connectivity index (χ2v) is 6.10. The van der Waals surface area contributed by atoms with E-state index in [0.29, 0.717) is 5.78 Å². The maximum atomic E-state index is 12.6. The van der Waals surface area contributed by atoms with E-state index >= 15 is 0 Å². The highest BCUT2D eigenvalue weighted by Crippen LogP contribution is 2.26. The Hall–Kier alpha value is -1.31. The predicted octanol–water partition coefficient (Wildman–Crippen LogP) is 5.02. The van der Waals surface area contributed by atoms with Crippen LogP contribution in [0.15, 0.2) is 24.3 Å². The van der Waals surface area contributed by atoms with E-state index in [0.717, 1.165) is 24.2 Å². The molecule has 0 atom stereocenters. The molecule has 1 fully saturated rings. The lowest BCUT2D eigenvalue weighted by Gasteiger charge is -2.19. The summed E-state index contributed by atoms with van der Waals surface area (Å²) in [7, 11) is 0. The Morgan fingerprint density at radius 3 is 2.40 bits per heavy atom. The monoisotopic (exact) mass is 274 g/mol. The maximum Gasteiger partial charge on any atom is 0.166 e. The Morgan fingerprint density at radius 1 is 1.10 bits per heavy atom. The first-order valence-corrected chi connectivity index (χ1v) is 7.98. The van der Waals surface area contributed by atoms with E-state index in [2.05, 4.69) is 0 Å². The van der Waals surface area contributed by atoms with Gasteiger partial charge in [0.2, 0.25) is 0 Å². The van der Waals surface area contributed by atoms with E-state index in [1.54, 1.807) is 0 Å². The van der Waals surface area contributed by atoms with Crippen LogP contribution < -0.4 is 4.74 Å². The first-order chi connectivity index (χ1) is 9.66. The van der Waals surface area contributed by atoms with Crippen LogP contribution in [0.3, 0.4) is 0 Å². The Bertz CT molecular complexity index is 429. The van der Waals surface area contributed by atoms with Gasteiger partial charge < -0.3 is 4.74 Å². The zero-order valence-electron chi connectivity index (χ0n) is 12.7. The van der Waals surface area contributed by atoms with Crippen molar-refractivity contribution in [1.29, 1.82) is 0 Å². The summed E-state index contributed by atoms with van der Waals surface area (Å²) in [4.78, 5) is 12.6. The van der Waals surface area contributed by atoms with Gasteiger partial charge in [0.25, 0.3) is 0 Å². The Morgan fingerprint density at radius 2 is 1.75 bits per heavy atom. The first-order valence-electron chi connectivity index (χ1n) is 7.98. The largest absolute Gasteiger partial charge is 0.491 e. The van der Waals surface area contributed by atoms with Gasteiger partial charge in [-0.05, 0) is 38.8 Å². The summed E-state index contributed by atoms with van der Waals surface area (Å²) in [5, 5.41) is 0. The molecule has 0 radical (unpaired) electrons. The van der Waals surface area contributed by atoms with E-state index in [1.807, 2.05) is 38.1 Å². The van der Waals surface area contributed by atoms with Crippen LogP contribution in [0, 0.1) is 5.92 Å². The van der Waals surface area contributed by atoms with Crippen molar-refractivity contribution in [1.82, 2.24) is 0 Å². The highest BCUT2D eigenvalue weighted by atomic mass is 16.5. The fraction of sp³-hybridized carbons (Fsp3) is 0.611. The average Bonchev–Trinajstić information content (AvgIpc) is 2.37. The summed E-state index contributed by atoms with van der Waals surface area (Å²) in [6.07, 6.45) is 8.51. The third kappa shape index (κ3) is 4.36. The molecule has 110 valence electrons. The molecule has 20 heavy (non-hydrogen) atoms. The second kappa shape index (κ2) is 7.47. The number of ketones is 1. The van der Waals surface area contributed by atoms with Crippen molar-refractivity contribution in [2.45, 2.75) is 64.9 Å². The van der Waals surface area contributed by atoms with Gasteiger partial charge in [0.05, 0.1) is 6.10 Å².